The molecule has 3 rings (SSSR count). The fourth-order valence-electron chi connectivity index (χ4n) is 4.18. The van der Waals surface area contributed by atoms with Crippen molar-refractivity contribution in [3.8, 4) is 11.5 Å². The van der Waals surface area contributed by atoms with E-state index in [2.05, 4.69) is 10.2 Å². The van der Waals surface area contributed by atoms with E-state index in [1.165, 1.54) is 0 Å². The predicted octanol–water partition coefficient (Wildman–Crippen LogP) is 2.60. The number of aliphatic hydroxyl groups is 1. The van der Waals surface area contributed by atoms with E-state index in [-0.39, 0.29) is 5.91 Å². The predicted molar refractivity (Wildman–Crippen MR) is 104 cm³/mol. The lowest BCUT2D eigenvalue weighted by atomic mass is 9.71. The van der Waals surface area contributed by atoms with E-state index in [0.717, 1.165) is 24.9 Å². The van der Waals surface area contributed by atoms with Gasteiger partial charge < -0.3 is 19.9 Å². The van der Waals surface area contributed by atoms with Gasteiger partial charge in [-0.1, -0.05) is 11.6 Å². The minimum Gasteiger partial charge on any atom is -0.490 e. The van der Waals surface area contributed by atoms with Crippen molar-refractivity contribution in [1.29, 1.82) is 0 Å². The van der Waals surface area contributed by atoms with E-state index >= 15 is 0 Å². The van der Waals surface area contributed by atoms with Gasteiger partial charge in [0.1, 0.15) is 0 Å². The molecule has 0 unspecified atom stereocenters. The number of amides is 1. The van der Waals surface area contributed by atoms with Crippen molar-refractivity contribution in [2.45, 2.75) is 45.8 Å². The second-order valence-corrected chi connectivity index (χ2v) is 7.71. The summed E-state index contributed by atoms with van der Waals surface area (Å²) in [5, 5.41) is 14.0. The van der Waals surface area contributed by atoms with E-state index in [4.69, 9.17) is 21.1 Å². The molecule has 0 bridgehead atoms. The molecule has 2 aliphatic heterocycles. The molecule has 2 heterocycles. The number of carbonyl (C=O) groups excluding carboxylic acids is 1. The molecule has 0 aromatic heterocycles. The van der Waals surface area contributed by atoms with Gasteiger partial charge in [0.25, 0.3) is 0 Å². The second-order valence-electron chi connectivity index (χ2n) is 7.30. The Hall–Kier alpha value is -1.50. The number of hydrogen-bond acceptors (Lipinski definition) is 5. The van der Waals surface area contributed by atoms with Crippen LogP contribution in [0.3, 0.4) is 0 Å². The van der Waals surface area contributed by atoms with Crippen LogP contribution in [0.5, 0.6) is 11.5 Å². The molecule has 1 aromatic carbocycles. The van der Waals surface area contributed by atoms with Gasteiger partial charge in [-0.2, -0.15) is 0 Å². The largest absolute Gasteiger partial charge is 0.490 e. The number of piperidine rings is 2. The SMILES string of the molecule is CCOc1cc(CN2CC[C@H](O)[C@@]3(CCCNC3=O)C2)cc(Cl)c1OCC. The van der Waals surface area contributed by atoms with E-state index in [1.807, 2.05) is 26.0 Å². The number of likely N-dealkylation sites (tertiary alicyclic amines) is 1. The van der Waals surface area contributed by atoms with Crippen LogP contribution in [0.25, 0.3) is 0 Å². The van der Waals surface area contributed by atoms with Gasteiger partial charge in [0.05, 0.1) is 29.8 Å². The first kappa shape index (κ1) is 20.2. The maximum atomic E-state index is 12.5. The zero-order valence-electron chi connectivity index (χ0n) is 16.1. The maximum absolute atomic E-state index is 12.5. The lowest BCUT2D eigenvalue weighted by molar-refractivity contribution is -0.149. The molecule has 0 aliphatic carbocycles. The van der Waals surface area contributed by atoms with Crippen molar-refractivity contribution >= 4 is 17.5 Å². The molecule has 7 heteroatoms. The first-order valence-corrected chi connectivity index (χ1v) is 10.1. The number of nitrogens with one attached hydrogen (secondary N) is 1. The quantitative estimate of drug-likeness (QED) is 0.773. The summed E-state index contributed by atoms with van der Waals surface area (Å²) in [6, 6.07) is 3.85. The second kappa shape index (κ2) is 8.67. The van der Waals surface area contributed by atoms with Crippen LogP contribution in [0.15, 0.2) is 12.1 Å². The molecule has 1 aromatic rings. The Morgan fingerprint density at radius 1 is 1.33 bits per heavy atom. The molecule has 2 atom stereocenters. The van der Waals surface area contributed by atoms with E-state index < -0.39 is 11.5 Å². The highest BCUT2D eigenvalue weighted by atomic mass is 35.5. The molecule has 27 heavy (non-hydrogen) atoms. The molecule has 1 spiro atoms. The first-order chi connectivity index (χ1) is 13.0. The zero-order valence-corrected chi connectivity index (χ0v) is 16.8. The lowest BCUT2D eigenvalue weighted by Gasteiger charge is -2.47. The van der Waals surface area contributed by atoms with Crippen molar-refractivity contribution in [3.05, 3.63) is 22.7 Å². The summed E-state index contributed by atoms with van der Waals surface area (Å²) < 4.78 is 11.3. The van der Waals surface area contributed by atoms with E-state index in [1.54, 1.807) is 0 Å². The fourth-order valence-corrected chi connectivity index (χ4v) is 4.47. The van der Waals surface area contributed by atoms with Crippen LogP contribution < -0.4 is 14.8 Å². The Kier molecular flexibility index (Phi) is 6.50. The molecule has 2 aliphatic rings. The molecule has 2 fully saturated rings. The normalized spacial score (nSPS) is 26.1. The number of halogens is 1. The van der Waals surface area contributed by atoms with Crippen LogP contribution in [0.2, 0.25) is 5.02 Å². The number of aliphatic hydroxyl groups excluding tert-OH is 1. The monoisotopic (exact) mass is 396 g/mol. The number of ether oxygens (including phenoxy) is 2. The number of nitrogens with zero attached hydrogens (tertiary/aromatic N) is 1. The molecule has 2 N–H and O–H groups in total. The van der Waals surface area contributed by atoms with Gasteiger partial charge in [0.15, 0.2) is 11.5 Å². The van der Waals surface area contributed by atoms with Crippen molar-refractivity contribution in [2.24, 2.45) is 5.41 Å². The summed E-state index contributed by atoms with van der Waals surface area (Å²) in [5.41, 5.74) is 0.309. The highest BCUT2D eigenvalue weighted by molar-refractivity contribution is 6.32. The molecule has 0 saturated carbocycles. The van der Waals surface area contributed by atoms with Gasteiger partial charge in [-0.25, -0.2) is 0 Å². The van der Waals surface area contributed by atoms with Gasteiger partial charge in [-0.15, -0.1) is 0 Å². The van der Waals surface area contributed by atoms with Crippen molar-refractivity contribution in [1.82, 2.24) is 10.2 Å². The van der Waals surface area contributed by atoms with Crippen LogP contribution in [-0.2, 0) is 11.3 Å². The Labute approximate surface area is 165 Å². The smallest absolute Gasteiger partial charge is 0.230 e. The van der Waals surface area contributed by atoms with Crippen LogP contribution in [-0.4, -0.2) is 54.9 Å². The van der Waals surface area contributed by atoms with Gasteiger partial charge in [-0.3, -0.25) is 9.69 Å². The van der Waals surface area contributed by atoms with Crippen LogP contribution >= 0.6 is 11.6 Å². The van der Waals surface area contributed by atoms with Gasteiger partial charge in [0, 0.05) is 26.2 Å². The van der Waals surface area contributed by atoms with Gasteiger partial charge >= 0.3 is 0 Å². The Balaban J connectivity index is 1.79. The molecule has 6 nitrogen and oxygen atoms in total. The van der Waals surface area contributed by atoms with Crippen LogP contribution in [0.4, 0.5) is 0 Å². The molecule has 0 radical (unpaired) electrons. The maximum Gasteiger partial charge on any atom is 0.230 e. The number of hydrogen-bond donors (Lipinski definition) is 2. The lowest BCUT2D eigenvalue weighted by Crippen LogP contribution is -2.61. The third-order valence-corrected chi connectivity index (χ3v) is 5.74. The molecular weight excluding hydrogens is 368 g/mol. The number of carbonyl (C=O) groups is 1. The zero-order chi connectivity index (χ0) is 19.4. The van der Waals surface area contributed by atoms with Crippen molar-refractivity contribution in [2.75, 3.05) is 32.8 Å². The number of rotatable bonds is 6. The number of benzene rings is 1. The van der Waals surface area contributed by atoms with Crippen molar-refractivity contribution < 1.29 is 19.4 Å². The molecule has 2 saturated heterocycles. The average molecular weight is 397 g/mol. The molecule has 150 valence electrons. The Bertz CT molecular complexity index is 684. The van der Waals surface area contributed by atoms with Crippen molar-refractivity contribution in [3.63, 3.8) is 0 Å². The first-order valence-electron chi connectivity index (χ1n) is 9.77. The standard InChI is InChI=1S/C20H29ClN2O4/c1-3-26-16-11-14(10-15(21)18(16)27-4-2)12-23-9-6-17(24)20(13-23)7-5-8-22-19(20)25/h10-11,17,24H,3-9,12-13H2,1-2H3,(H,22,25)/t17-,20+/m0/s1. The Morgan fingerprint density at radius 3 is 2.81 bits per heavy atom. The average Bonchev–Trinajstić information content (AvgIpc) is 2.64. The van der Waals surface area contributed by atoms with Gasteiger partial charge in [0.2, 0.25) is 5.91 Å². The van der Waals surface area contributed by atoms with Crippen LogP contribution in [0.1, 0.15) is 38.7 Å². The highest BCUT2D eigenvalue weighted by Crippen LogP contribution is 2.40. The molecular formula is C20H29ClN2O4. The topological polar surface area (TPSA) is 71.0 Å². The van der Waals surface area contributed by atoms with Crippen LogP contribution in [0, 0.1) is 5.41 Å². The van der Waals surface area contributed by atoms with E-state index in [9.17, 15) is 9.90 Å². The van der Waals surface area contributed by atoms with Gasteiger partial charge in [-0.05, 0) is 50.8 Å². The summed E-state index contributed by atoms with van der Waals surface area (Å²) in [5.74, 6) is 1.19. The highest BCUT2D eigenvalue weighted by Gasteiger charge is 2.49. The third kappa shape index (κ3) is 4.18. The third-order valence-electron chi connectivity index (χ3n) is 5.46. The summed E-state index contributed by atoms with van der Waals surface area (Å²) in [6.45, 7) is 7.51. The summed E-state index contributed by atoms with van der Waals surface area (Å²) >= 11 is 6.43. The minimum absolute atomic E-state index is 0.0225. The van der Waals surface area contributed by atoms with E-state index in [0.29, 0.717) is 55.8 Å². The minimum atomic E-state index is -0.700. The Morgan fingerprint density at radius 2 is 2.11 bits per heavy atom. The molecule has 1 amide bonds. The fraction of sp³-hybridized carbons (Fsp3) is 0.650. The summed E-state index contributed by atoms with van der Waals surface area (Å²) in [4.78, 5) is 14.8. The summed E-state index contributed by atoms with van der Waals surface area (Å²) in [6.07, 6.45) is 1.64. The summed E-state index contributed by atoms with van der Waals surface area (Å²) in [7, 11) is 0.